The first-order chi connectivity index (χ1) is 14.0. The number of fused-ring (bicyclic) bond motifs is 3. The molecule has 0 radical (unpaired) electrons. The lowest BCUT2D eigenvalue weighted by molar-refractivity contribution is -0.142. The Labute approximate surface area is 169 Å². The van der Waals surface area contributed by atoms with Crippen LogP contribution in [0.4, 0.5) is 5.69 Å². The van der Waals surface area contributed by atoms with Gasteiger partial charge in [-0.2, -0.15) is 0 Å². The van der Waals surface area contributed by atoms with Crippen LogP contribution in [0.2, 0.25) is 0 Å². The van der Waals surface area contributed by atoms with Crippen LogP contribution in [-0.2, 0) is 9.53 Å². The highest BCUT2D eigenvalue weighted by Gasteiger charge is 2.40. The van der Waals surface area contributed by atoms with Crippen molar-refractivity contribution in [3.05, 3.63) is 71.8 Å². The lowest BCUT2D eigenvalue weighted by Gasteiger charge is -2.33. The lowest BCUT2D eigenvalue weighted by atomic mass is 9.82. The Balaban J connectivity index is 1.81. The first kappa shape index (κ1) is 19.0. The van der Waals surface area contributed by atoms with Gasteiger partial charge in [-0.3, -0.25) is 9.59 Å². The third kappa shape index (κ3) is 3.44. The molecule has 4 rings (SSSR count). The summed E-state index contributed by atoms with van der Waals surface area (Å²) in [7, 11) is 5.27. The molecule has 0 fully saturated rings. The summed E-state index contributed by atoms with van der Waals surface area (Å²) in [4.78, 5) is 27.6. The summed E-state index contributed by atoms with van der Waals surface area (Å²) < 4.78 is 11.2. The Kier molecular flexibility index (Phi) is 4.97. The van der Waals surface area contributed by atoms with Crippen LogP contribution in [0.3, 0.4) is 0 Å². The van der Waals surface area contributed by atoms with E-state index in [1.165, 1.54) is 7.11 Å². The summed E-state index contributed by atoms with van der Waals surface area (Å²) in [6, 6.07) is 19.4. The fourth-order valence-electron chi connectivity index (χ4n) is 3.87. The van der Waals surface area contributed by atoms with E-state index in [0.717, 1.165) is 22.0 Å². The molecule has 1 aliphatic heterocycles. The second-order valence-electron chi connectivity index (χ2n) is 7.44. The van der Waals surface area contributed by atoms with E-state index in [2.05, 4.69) is 0 Å². The van der Waals surface area contributed by atoms with Gasteiger partial charge in [0.25, 0.3) is 0 Å². The van der Waals surface area contributed by atoms with E-state index in [1.54, 1.807) is 0 Å². The average Bonchev–Trinajstić information content (AvgIpc) is 2.75. The maximum Gasteiger partial charge on any atom is 0.306 e. The Morgan fingerprint density at radius 2 is 1.76 bits per heavy atom. The molecule has 0 spiro atoms. The number of anilines is 1. The topological polar surface area (TPSA) is 55.8 Å². The lowest BCUT2D eigenvalue weighted by Crippen LogP contribution is -2.33. The van der Waals surface area contributed by atoms with Crippen molar-refractivity contribution in [2.45, 2.75) is 12.5 Å². The highest BCUT2D eigenvalue weighted by Crippen LogP contribution is 2.43. The summed E-state index contributed by atoms with van der Waals surface area (Å²) in [5.41, 5.74) is 2.45. The molecule has 0 bridgehead atoms. The van der Waals surface area contributed by atoms with E-state index in [1.807, 2.05) is 79.7 Å². The maximum atomic E-state index is 13.5. The third-order valence-electron chi connectivity index (χ3n) is 5.45. The molecule has 5 heteroatoms. The Bertz CT molecular complexity index is 1070. The van der Waals surface area contributed by atoms with Crippen LogP contribution >= 0.6 is 0 Å². The van der Waals surface area contributed by atoms with Gasteiger partial charge in [-0.05, 0) is 34.5 Å². The number of rotatable bonds is 4. The Hall–Kier alpha value is -3.34. The number of hydrogen-bond acceptors (Lipinski definition) is 5. The van der Waals surface area contributed by atoms with E-state index in [0.29, 0.717) is 11.3 Å². The van der Waals surface area contributed by atoms with Gasteiger partial charge >= 0.3 is 5.97 Å². The van der Waals surface area contributed by atoms with Gasteiger partial charge in [0.1, 0.15) is 11.9 Å². The summed E-state index contributed by atoms with van der Waals surface area (Å²) >= 11 is 0. The van der Waals surface area contributed by atoms with Crippen molar-refractivity contribution >= 4 is 28.2 Å². The van der Waals surface area contributed by atoms with Crippen LogP contribution in [0.5, 0.6) is 5.75 Å². The van der Waals surface area contributed by atoms with Gasteiger partial charge in [0.2, 0.25) is 0 Å². The molecule has 0 saturated heterocycles. The van der Waals surface area contributed by atoms with E-state index in [9.17, 15) is 9.59 Å². The minimum absolute atomic E-state index is 0.0297. The molecular weight excluding hydrogens is 366 g/mol. The van der Waals surface area contributed by atoms with Gasteiger partial charge in [-0.15, -0.1) is 0 Å². The number of hydrogen-bond donors (Lipinski definition) is 0. The monoisotopic (exact) mass is 389 g/mol. The molecule has 3 aromatic rings. The van der Waals surface area contributed by atoms with Crippen LogP contribution in [-0.4, -0.2) is 33.0 Å². The number of carbonyl (C=O) groups excluding carboxylic acids is 2. The maximum absolute atomic E-state index is 13.5. The van der Waals surface area contributed by atoms with E-state index in [4.69, 9.17) is 9.47 Å². The normalized spacial score (nSPS) is 18.1. The molecule has 2 atom stereocenters. The number of nitrogens with zero attached hydrogens (tertiary/aromatic N) is 1. The number of benzene rings is 3. The first-order valence-corrected chi connectivity index (χ1v) is 9.56. The Morgan fingerprint density at radius 3 is 2.45 bits per heavy atom. The predicted octanol–water partition coefficient (Wildman–Crippen LogP) is 4.40. The van der Waals surface area contributed by atoms with Crippen LogP contribution in [0.25, 0.3) is 10.8 Å². The third-order valence-corrected chi connectivity index (χ3v) is 5.45. The minimum Gasteiger partial charge on any atom is -0.484 e. The molecule has 148 valence electrons. The zero-order valence-corrected chi connectivity index (χ0v) is 16.7. The van der Waals surface area contributed by atoms with Gasteiger partial charge < -0.3 is 14.4 Å². The standard InChI is InChI=1S/C24H23NO4/c1-25(2)17-11-8-16(9-12-17)24-19(14-21(26)28-3)23(27)22-18-7-5-4-6-15(18)10-13-20(22)29-24/h4-13,19,24H,14H2,1-3H3. The Morgan fingerprint density at radius 1 is 1.03 bits per heavy atom. The minimum atomic E-state index is -0.647. The number of ether oxygens (including phenoxy) is 2. The zero-order chi connectivity index (χ0) is 20.5. The highest BCUT2D eigenvalue weighted by molar-refractivity contribution is 6.13. The van der Waals surface area contributed by atoms with Crippen molar-refractivity contribution in [1.29, 1.82) is 0 Å². The number of esters is 1. The zero-order valence-electron chi connectivity index (χ0n) is 16.7. The smallest absolute Gasteiger partial charge is 0.306 e. The van der Waals surface area contributed by atoms with Crippen molar-refractivity contribution in [3.63, 3.8) is 0 Å². The number of methoxy groups -OCH3 is 1. The number of carbonyl (C=O) groups is 2. The van der Waals surface area contributed by atoms with Crippen molar-refractivity contribution in [2.75, 3.05) is 26.1 Å². The number of Topliss-reactive ketones (excluding diaryl/α,β-unsaturated/α-hetero) is 1. The largest absolute Gasteiger partial charge is 0.484 e. The summed E-state index contributed by atoms with van der Waals surface area (Å²) in [5, 5.41) is 1.81. The quantitative estimate of drug-likeness (QED) is 0.619. The number of ketones is 1. The molecule has 5 nitrogen and oxygen atoms in total. The van der Waals surface area contributed by atoms with Crippen LogP contribution < -0.4 is 9.64 Å². The SMILES string of the molecule is COC(=O)CC1C(=O)c2c(ccc3ccccc23)OC1c1ccc(N(C)C)cc1. The van der Waals surface area contributed by atoms with Gasteiger partial charge in [0.05, 0.1) is 25.0 Å². The van der Waals surface area contributed by atoms with Crippen molar-refractivity contribution in [2.24, 2.45) is 5.92 Å². The van der Waals surface area contributed by atoms with Gasteiger partial charge in [0.15, 0.2) is 5.78 Å². The van der Waals surface area contributed by atoms with E-state index >= 15 is 0 Å². The predicted molar refractivity (Wildman–Crippen MR) is 113 cm³/mol. The second kappa shape index (κ2) is 7.59. The molecule has 29 heavy (non-hydrogen) atoms. The molecule has 1 heterocycles. The van der Waals surface area contributed by atoms with Crippen molar-refractivity contribution in [3.8, 4) is 5.75 Å². The molecule has 3 aromatic carbocycles. The van der Waals surface area contributed by atoms with E-state index in [-0.39, 0.29) is 12.2 Å². The summed E-state index contributed by atoms with van der Waals surface area (Å²) in [5.74, 6) is -0.608. The second-order valence-corrected chi connectivity index (χ2v) is 7.44. The molecule has 2 unspecified atom stereocenters. The molecule has 0 amide bonds. The molecule has 1 aliphatic rings. The summed E-state index contributed by atoms with van der Waals surface area (Å²) in [6.45, 7) is 0. The fourth-order valence-corrected chi connectivity index (χ4v) is 3.87. The molecule has 0 saturated carbocycles. The van der Waals surface area contributed by atoms with Gasteiger partial charge in [-0.1, -0.05) is 42.5 Å². The van der Waals surface area contributed by atoms with Gasteiger partial charge in [-0.25, -0.2) is 0 Å². The van der Waals surface area contributed by atoms with Crippen molar-refractivity contribution in [1.82, 2.24) is 0 Å². The first-order valence-electron chi connectivity index (χ1n) is 9.56. The fraction of sp³-hybridized carbons (Fsp3) is 0.250. The molecular formula is C24H23NO4. The van der Waals surface area contributed by atoms with E-state index < -0.39 is 18.0 Å². The highest BCUT2D eigenvalue weighted by atomic mass is 16.5. The van der Waals surface area contributed by atoms with Crippen LogP contribution in [0, 0.1) is 5.92 Å². The van der Waals surface area contributed by atoms with Crippen molar-refractivity contribution < 1.29 is 19.1 Å². The molecule has 0 aromatic heterocycles. The molecule has 0 N–H and O–H groups in total. The van der Waals surface area contributed by atoms with Crippen LogP contribution in [0.15, 0.2) is 60.7 Å². The average molecular weight is 389 g/mol. The van der Waals surface area contributed by atoms with Gasteiger partial charge in [0, 0.05) is 19.8 Å². The molecule has 0 aliphatic carbocycles. The summed E-state index contributed by atoms with van der Waals surface area (Å²) in [6.07, 6.45) is -0.579. The van der Waals surface area contributed by atoms with Crippen LogP contribution in [0.1, 0.15) is 28.4 Å².